The molecule has 0 N–H and O–H groups in total. The Morgan fingerprint density at radius 3 is 1.07 bits per heavy atom. The molecule has 258 valence electrons. The topological polar surface area (TPSA) is 22.3 Å². The van der Waals surface area contributed by atoms with Crippen LogP contribution in [0.15, 0.2) is 24.3 Å². The van der Waals surface area contributed by atoms with Gasteiger partial charge >= 0.3 is 35.6 Å². The molecule has 2 aromatic rings. The van der Waals surface area contributed by atoms with Gasteiger partial charge < -0.3 is 12.6 Å². The molecule has 0 bridgehead atoms. The first-order chi connectivity index (χ1) is 20.8. The minimum absolute atomic E-state index is 0. The maximum absolute atomic E-state index is 12.7. The monoisotopic (exact) mass is 719 g/mol. The molecule has 0 saturated heterocycles. The van der Waals surface area contributed by atoms with Gasteiger partial charge in [-0.15, -0.1) is 0 Å². The first-order valence-electron chi connectivity index (χ1n) is 17.7. The number of rotatable bonds is 3. The molecular formula is C41H64Cl2NPTi-2. The number of hydrogen-bond donors (Lipinski definition) is 0. The van der Waals surface area contributed by atoms with Crippen molar-refractivity contribution in [3.8, 4) is 11.1 Å². The molecule has 5 heteroatoms. The van der Waals surface area contributed by atoms with Crippen LogP contribution in [-0.4, -0.2) is 11.3 Å². The Kier molecular flexibility index (Phi) is 12.9. The Morgan fingerprint density at radius 2 is 0.826 bits per heavy atom. The average molecular weight is 721 g/mol. The Labute approximate surface area is 301 Å². The fourth-order valence-electron chi connectivity index (χ4n) is 8.87. The molecule has 46 heavy (non-hydrogen) atoms. The molecule has 4 aliphatic carbocycles. The normalized spacial score (nSPS) is 21.4. The fourth-order valence-corrected chi connectivity index (χ4v) is 12.6. The van der Waals surface area contributed by atoms with Crippen LogP contribution in [0.4, 0.5) is 0 Å². The van der Waals surface area contributed by atoms with E-state index in [1.807, 2.05) is 0 Å². The van der Waals surface area contributed by atoms with Gasteiger partial charge in [-0.2, -0.15) is 0 Å². The molecule has 1 nitrogen and oxygen atoms in total. The molecule has 6 rings (SSSR count). The first-order valence-corrected chi connectivity index (χ1v) is 24.0. The summed E-state index contributed by atoms with van der Waals surface area (Å²) in [6.07, 6.45) is 12.4. The first kappa shape index (κ1) is 40.4. The van der Waals surface area contributed by atoms with Gasteiger partial charge in [0, 0.05) is 5.66 Å². The molecule has 0 amide bonds. The summed E-state index contributed by atoms with van der Waals surface area (Å²) in [6.45, 7) is 28.5. The summed E-state index contributed by atoms with van der Waals surface area (Å²) in [5, 5.41) is 12.7. The molecule has 0 heterocycles. The third-order valence-corrected chi connectivity index (χ3v) is 16.9. The van der Waals surface area contributed by atoms with Crippen LogP contribution < -0.4 is 0 Å². The van der Waals surface area contributed by atoms with Gasteiger partial charge in [-0.3, -0.25) is 0 Å². The summed E-state index contributed by atoms with van der Waals surface area (Å²) in [6, 6.07) is 10.3. The number of hydrogen-bond acceptors (Lipinski definition) is 0. The standard InChI is InChI=1S/C35H51NP.C5H10.CH3.2ClH.Ti/c1-21(2)37(36,22(3)4)31-25-19-29-27(32(5,6)13-15-34(29,9)10)17-23(25)24-18-28-30(20-26(24)31)35(11,12)16-14-33(28,7)8;1-2-4-5-3-1;;;;/h17-22,31H,13-16H2,1-12H3;1-5H2;1H3;2*1H;/q-1;;-1;;;+2/p-2. The molecular weight excluding hydrogens is 656 g/mol. The van der Waals surface area contributed by atoms with Gasteiger partial charge in [0.1, 0.15) is 0 Å². The quantitative estimate of drug-likeness (QED) is 0.171. The van der Waals surface area contributed by atoms with Crippen molar-refractivity contribution in [1.82, 2.24) is 0 Å². The molecule has 0 atom stereocenters. The molecule has 1 saturated carbocycles. The molecule has 4 aliphatic rings. The van der Waals surface area contributed by atoms with Crippen molar-refractivity contribution in [2.45, 2.75) is 180 Å². The molecule has 0 radical (unpaired) electrons. The van der Waals surface area contributed by atoms with Crippen LogP contribution >= 0.6 is 25.7 Å². The second kappa shape index (κ2) is 14.7. The summed E-state index contributed by atoms with van der Waals surface area (Å²) in [4.78, 5) is 0. The zero-order chi connectivity index (χ0) is 33.8. The fraction of sp³-hybridized carbons (Fsp3) is 0.683. The van der Waals surface area contributed by atoms with Gasteiger partial charge in [0.2, 0.25) is 0 Å². The van der Waals surface area contributed by atoms with Gasteiger partial charge in [0.05, 0.1) is 0 Å². The van der Waals surface area contributed by atoms with Crippen molar-refractivity contribution in [3.63, 3.8) is 0 Å². The van der Waals surface area contributed by atoms with E-state index in [9.17, 15) is 5.16 Å². The van der Waals surface area contributed by atoms with Crippen molar-refractivity contribution < 1.29 is 17.0 Å². The second-order valence-electron chi connectivity index (χ2n) is 17.7. The zero-order valence-corrected chi connectivity index (χ0v) is 35.5. The van der Waals surface area contributed by atoms with Crippen LogP contribution in [0, 0.1) is 7.43 Å². The van der Waals surface area contributed by atoms with Crippen molar-refractivity contribution in [1.29, 1.82) is 0 Å². The average Bonchev–Trinajstić information content (AvgIpc) is 3.63. The molecule has 0 spiro atoms. The van der Waals surface area contributed by atoms with Crippen LogP contribution in [-0.2, 0) is 38.7 Å². The van der Waals surface area contributed by atoms with E-state index in [1.54, 1.807) is 0 Å². The van der Waals surface area contributed by atoms with Crippen LogP contribution in [0.25, 0.3) is 16.3 Å². The van der Waals surface area contributed by atoms with E-state index < -0.39 is 24.1 Å². The van der Waals surface area contributed by atoms with Crippen LogP contribution in [0.1, 0.15) is 180 Å². The van der Waals surface area contributed by atoms with Crippen molar-refractivity contribution in [2.24, 2.45) is 0 Å². The predicted octanol–water partition coefficient (Wildman–Crippen LogP) is 14.8. The minimum atomic E-state index is -2.35. The predicted molar refractivity (Wildman–Crippen MR) is 206 cm³/mol. The summed E-state index contributed by atoms with van der Waals surface area (Å²) in [5.41, 5.74) is 13.0. The third-order valence-electron chi connectivity index (χ3n) is 12.2. The second-order valence-corrected chi connectivity index (χ2v) is 24.5. The van der Waals surface area contributed by atoms with E-state index in [4.69, 9.17) is 18.6 Å². The number of halogens is 2. The Balaban J connectivity index is 0.000000567. The SMILES string of the molecule is C1CCCC1.CC(C)P(=[N-])(C(C)C)C1c2cc3c(cc2-c2cc4c(cc21)C(C)(C)CCC4(C)C)C(C)(C)CCC3(C)C.[CH3-].[Cl][Ti][Cl]. The van der Waals surface area contributed by atoms with Gasteiger partial charge in [-0.1, -0.05) is 127 Å². The van der Waals surface area contributed by atoms with Crippen molar-refractivity contribution in [3.05, 3.63) is 70.2 Å². The van der Waals surface area contributed by atoms with E-state index in [-0.39, 0.29) is 46.1 Å². The van der Waals surface area contributed by atoms with E-state index in [0.29, 0.717) is 0 Å². The van der Waals surface area contributed by atoms with Gasteiger partial charge in [0.25, 0.3) is 0 Å². The molecule has 0 aliphatic heterocycles. The number of nitrogens with zero attached hydrogens (tertiary/aromatic N) is 1. The van der Waals surface area contributed by atoms with Gasteiger partial charge in [-0.05, 0) is 115 Å². The summed E-state index contributed by atoms with van der Waals surface area (Å²) < 4.78 is 0. The zero-order valence-electron chi connectivity index (χ0n) is 31.6. The van der Waals surface area contributed by atoms with E-state index in [2.05, 4.69) is 107 Å². The molecule has 0 aromatic heterocycles. The molecule has 1 fully saturated rings. The van der Waals surface area contributed by atoms with Crippen molar-refractivity contribution >= 4 is 25.7 Å². The van der Waals surface area contributed by atoms with E-state index >= 15 is 0 Å². The number of fused-ring (bicyclic) bond motifs is 5. The summed E-state index contributed by atoms with van der Waals surface area (Å²) in [5.74, 6) is 0. The summed E-state index contributed by atoms with van der Waals surface area (Å²) >= 11 is -0.556. The van der Waals surface area contributed by atoms with Gasteiger partial charge in [0.15, 0.2) is 0 Å². The third kappa shape index (κ3) is 7.37. The Morgan fingerprint density at radius 1 is 0.587 bits per heavy atom. The van der Waals surface area contributed by atoms with Crippen LogP contribution in [0.3, 0.4) is 0 Å². The number of benzene rings is 2. The van der Waals surface area contributed by atoms with Crippen LogP contribution in [0.2, 0.25) is 0 Å². The maximum atomic E-state index is 12.7. The van der Waals surface area contributed by atoms with Crippen molar-refractivity contribution in [2.75, 3.05) is 0 Å². The molecule has 2 aromatic carbocycles. The summed E-state index contributed by atoms with van der Waals surface area (Å²) in [7, 11) is 7.43. The van der Waals surface area contributed by atoms with E-state index in [1.165, 1.54) is 102 Å². The van der Waals surface area contributed by atoms with Gasteiger partial charge in [-0.25, -0.2) is 7.05 Å². The van der Waals surface area contributed by atoms with Crippen LogP contribution in [0.5, 0.6) is 0 Å². The molecule has 0 unspecified atom stereocenters. The van der Waals surface area contributed by atoms with E-state index in [0.717, 1.165) is 0 Å². The Hall–Kier alpha value is -0.0357. The Bertz CT molecular complexity index is 1330.